The Morgan fingerprint density at radius 2 is 1.87 bits per heavy atom. The smallest absolute Gasteiger partial charge is 0.244 e. The normalized spacial score (nSPS) is 11.7. The Bertz CT molecular complexity index is 826. The van der Waals surface area contributed by atoms with Crippen LogP contribution in [0.25, 0.3) is 0 Å². The third kappa shape index (κ3) is 3.65. The fourth-order valence-electron chi connectivity index (χ4n) is 2.35. The zero-order valence-corrected chi connectivity index (χ0v) is 13.9. The lowest BCUT2D eigenvalue weighted by atomic mass is 10.1. The molecule has 1 N–H and O–H groups in total. The van der Waals surface area contributed by atoms with Gasteiger partial charge >= 0.3 is 0 Å². The van der Waals surface area contributed by atoms with Crippen LogP contribution in [-0.4, -0.2) is 30.5 Å². The number of aryl methyl sites for hydroxylation is 2. The Kier molecular flexibility index (Phi) is 4.96. The molecule has 0 unspecified atom stereocenters. The Balaban J connectivity index is 2.18. The summed E-state index contributed by atoms with van der Waals surface area (Å²) in [6.45, 7) is 5.29. The number of Topliss-reactive ketones (excluding diaryl/α,β-unsaturated/α-hetero) is 1. The van der Waals surface area contributed by atoms with Gasteiger partial charge in [-0.3, -0.25) is 9.48 Å². The molecular weight excluding hydrogens is 321 g/mol. The zero-order valence-electron chi connectivity index (χ0n) is 13.1. The van der Waals surface area contributed by atoms with Crippen LogP contribution in [-0.2, 0) is 16.6 Å². The number of nitrogens with one attached hydrogen (secondary N) is 1. The van der Waals surface area contributed by atoms with Gasteiger partial charge in [-0.2, -0.15) is 5.10 Å². The summed E-state index contributed by atoms with van der Waals surface area (Å²) in [4.78, 5) is 12.1. The molecule has 0 atom stereocenters. The number of halogens is 1. The van der Waals surface area contributed by atoms with Crippen molar-refractivity contribution in [3.63, 3.8) is 0 Å². The lowest BCUT2D eigenvalue weighted by Crippen LogP contribution is -2.30. The first kappa shape index (κ1) is 17.3. The Labute approximate surface area is 134 Å². The number of carbonyl (C=O) groups excluding carboxylic acids is 1. The molecule has 0 aliphatic carbocycles. The van der Waals surface area contributed by atoms with Crippen molar-refractivity contribution in [2.75, 3.05) is 6.54 Å². The van der Waals surface area contributed by atoms with E-state index in [1.165, 1.54) is 12.1 Å². The van der Waals surface area contributed by atoms with Gasteiger partial charge in [0.25, 0.3) is 0 Å². The Morgan fingerprint density at radius 3 is 2.39 bits per heavy atom. The molecule has 0 fully saturated rings. The molecule has 2 aromatic rings. The number of hydrogen-bond donors (Lipinski definition) is 1. The monoisotopic (exact) mass is 339 g/mol. The number of ketones is 1. The van der Waals surface area contributed by atoms with Crippen LogP contribution in [0.5, 0.6) is 0 Å². The van der Waals surface area contributed by atoms with Crippen molar-refractivity contribution in [1.82, 2.24) is 14.5 Å². The highest BCUT2D eigenvalue weighted by molar-refractivity contribution is 7.89. The van der Waals surface area contributed by atoms with Crippen molar-refractivity contribution >= 4 is 15.8 Å². The third-order valence-electron chi connectivity index (χ3n) is 3.47. The summed E-state index contributed by atoms with van der Waals surface area (Å²) in [5.74, 6) is -0.896. The molecule has 0 aliphatic rings. The fourth-order valence-corrected chi connectivity index (χ4v) is 3.74. The molecule has 0 spiro atoms. The SMILES string of the molecule is CCn1nc(C)c(S(=O)(=O)NCC(=O)c2ccc(F)cc2)c1C. The Hall–Kier alpha value is -2.06. The zero-order chi connectivity index (χ0) is 17.2. The average Bonchev–Trinajstić information content (AvgIpc) is 2.80. The van der Waals surface area contributed by atoms with Gasteiger partial charge in [0, 0.05) is 12.1 Å². The second-order valence-corrected chi connectivity index (χ2v) is 6.77. The average molecular weight is 339 g/mol. The molecule has 0 aliphatic heterocycles. The van der Waals surface area contributed by atoms with Gasteiger partial charge in [-0.25, -0.2) is 17.5 Å². The van der Waals surface area contributed by atoms with E-state index in [1.807, 2.05) is 6.92 Å². The molecule has 8 heteroatoms. The number of sulfonamides is 1. The second kappa shape index (κ2) is 6.59. The highest BCUT2D eigenvalue weighted by atomic mass is 32.2. The van der Waals surface area contributed by atoms with Crippen LogP contribution in [0, 0.1) is 19.7 Å². The van der Waals surface area contributed by atoms with E-state index in [0.717, 1.165) is 12.1 Å². The van der Waals surface area contributed by atoms with Crippen molar-refractivity contribution in [3.8, 4) is 0 Å². The van der Waals surface area contributed by atoms with Crippen molar-refractivity contribution in [2.24, 2.45) is 0 Å². The lowest BCUT2D eigenvalue weighted by molar-refractivity contribution is 0.0997. The number of hydrogen-bond acceptors (Lipinski definition) is 4. The summed E-state index contributed by atoms with van der Waals surface area (Å²) < 4.78 is 41.5. The van der Waals surface area contributed by atoms with Gasteiger partial charge < -0.3 is 0 Å². The highest BCUT2D eigenvalue weighted by Crippen LogP contribution is 2.19. The van der Waals surface area contributed by atoms with Crippen molar-refractivity contribution in [1.29, 1.82) is 0 Å². The van der Waals surface area contributed by atoms with E-state index in [2.05, 4.69) is 9.82 Å². The summed E-state index contributed by atoms with van der Waals surface area (Å²) in [6, 6.07) is 4.94. The van der Waals surface area contributed by atoms with E-state index in [4.69, 9.17) is 0 Å². The maximum Gasteiger partial charge on any atom is 0.244 e. The molecule has 1 heterocycles. The molecule has 1 aromatic carbocycles. The van der Waals surface area contributed by atoms with Crippen LogP contribution in [0.4, 0.5) is 4.39 Å². The summed E-state index contributed by atoms with van der Waals surface area (Å²) >= 11 is 0. The number of carbonyl (C=O) groups is 1. The summed E-state index contributed by atoms with van der Waals surface area (Å²) in [7, 11) is -3.85. The van der Waals surface area contributed by atoms with Gasteiger partial charge in [0.2, 0.25) is 10.0 Å². The van der Waals surface area contributed by atoms with E-state index in [-0.39, 0.29) is 10.5 Å². The van der Waals surface area contributed by atoms with E-state index in [0.29, 0.717) is 17.9 Å². The molecule has 23 heavy (non-hydrogen) atoms. The second-order valence-electron chi connectivity index (χ2n) is 5.07. The van der Waals surface area contributed by atoms with Crippen molar-refractivity contribution in [2.45, 2.75) is 32.2 Å². The van der Waals surface area contributed by atoms with Crippen LogP contribution in [0.1, 0.15) is 28.7 Å². The van der Waals surface area contributed by atoms with Crippen LogP contribution in [0.15, 0.2) is 29.2 Å². The number of aromatic nitrogens is 2. The topological polar surface area (TPSA) is 81.1 Å². The van der Waals surface area contributed by atoms with E-state index in [1.54, 1.807) is 18.5 Å². The highest BCUT2D eigenvalue weighted by Gasteiger charge is 2.24. The minimum Gasteiger partial charge on any atom is -0.293 e. The van der Waals surface area contributed by atoms with Crippen LogP contribution in [0.2, 0.25) is 0 Å². The third-order valence-corrected chi connectivity index (χ3v) is 5.12. The van der Waals surface area contributed by atoms with Crippen molar-refractivity contribution < 1.29 is 17.6 Å². The van der Waals surface area contributed by atoms with Crippen LogP contribution in [0.3, 0.4) is 0 Å². The minimum absolute atomic E-state index is 0.0891. The minimum atomic E-state index is -3.85. The predicted molar refractivity (Wildman–Crippen MR) is 83.3 cm³/mol. The fraction of sp³-hybridized carbons (Fsp3) is 0.333. The standard InChI is InChI=1S/C15H18FN3O3S/c1-4-19-11(3)15(10(2)18-19)23(21,22)17-9-14(20)12-5-7-13(16)8-6-12/h5-8,17H,4,9H2,1-3H3. The molecule has 0 saturated carbocycles. The molecular formula is C15H18FN3O3S. The first-order chi connectivity index (χ1) is 10.8. The molecule has 0 radical (unpaired) electrons. The molecule has 1 aromatic heterocycles. The van der Waals surface area contributed by atoms with Crippen LogP contribution < -0.4 is 4.72 Å². The Morgan fingerprint density at radius 1 is 1.26 bits per heavy atom. The number of rotatable bonds is 6. The molecule has 0 amide bonds. The number of nitrogens with zero attached hydrogens (tertiary/aromatic N) is 2. The lowest BCUT2D eigenvalue weighted by Gasteiger charge is -2.07. The molecule has 0 bridgehead atoms. The van der Waals surface area contributed by atoms with Gasteiger partial charge in [-0.1, -0.05) is 0 Å². The molecule has 124 valence electrons. The van der Waals surface area contributed by atoms with Gasteiger partial charge in [-0.05, 0) is 45.0 Å². The first-order valence-corrected chi connectivity index (χ1v) is 8.57. The largest absolute Gasteiger partial charge is 0.293 e. The first-order valence-electron chi connectivity index (χ1n) is 7.08. The maximum atomic E-state index is 12.8. The van der Waals surface area contributed by atoms with Gasteiger partial charge in [0.15, 0.2) is 5.78 Å². The van der Waals surface area contributed by atoms with Gasteiger partial charge in [0.1, 0.15) is 10.7 Å². The predicted octanol–water partition coefficient (Wildman–Crippen LogP) is 1.82. The maximum absolute atomic E-state index is 12.8. The molecule has 2 rings (SSSR count). The van der Waals surface area contributed by atoms with Crippen LogP contribution >= 0.6 is 0 Å². The number of benzene rings is 1. The van der Waals surface area contributed by atoms with Gasteiger partial charge in [-0.15, -0.1) is 0 Å². The van der Waals surface area contributed by atoms with E-state index < -0.39 is 28.2 Å². The van der Waals surface area contributed by atoms with Gasteiger partial charge in [0.05, 0.1) is 17.9 Å². The molecule has 0 saturated heterocycles. The summed E-state index contributed by atoms with van der Waals surface area (Å²) in [6.07, 6.45) is 0. The quantitative estimate of drug-likeness (QED) is 0.814. The van der Waals surface area contributed by atoms with E-state index >= 15 is 0 Å². The molecule has 6 nitrogen and oxygen atoms in total. The summed E-state index contributed by atoms with van der Waals surface area (Å²) in [5.41, 5.74) is 1.14. The van der Waals surface area contributed by atoms with E-state index in [9.17, 15) is 17.6 Å². The summed E-state index contributed by atoms with van der Waals surface area (Å²) in [5, 5.41) is 4.16. The van der Waals surface area contributed by atoms with Crippen molar-refractivity contribution in [3.05, 3.63) is 47.0 Å².